The van der Waals surface area contributed by atoms with Crippen LogP contribution in [-0.4, -0.2) is 43.4 Å². The Morgan fingerprint density at radius 2 is 2.38 bits per heavy atom. The summed E-state index contributed by atoms with van der Waals surface area (Å²) in [5, 5.41) is 4.53. The van der Waals surface area contributed by atoms with Gasteiger partial charge in [0.1, 0.15) is 0 Å². The number of hydrogen-bond donors (Lipinski definition) is 1. The second-order valence-electron chi connectivity index (χ2n) is 2.54. The third-order valence-corrected chi connectivity index (χ3v) is 1.65. The lowest BCUT2D eigenvalue weighted by Crippen LogP contribution is -2.59. The van der Waals surface area contributed by atoms with Crippen LogP contribution in [0.1, 0.15) is 0 Å². The van der Waals surface area contributed by atoms with Gasteiger partial charge in [-0.1, -0.05) is 0 Å². The number of hydrazone groups is 1. The van der Waals surface area contributed by atoms with E-state index in [4.69, 9.17) is 0 Å². The van der Waals surface area contributed by atoms with Gasteiger partial charge in [0.2, 0.25) is 5.54 Å². The zero-order chi connectivity index (χ0) is 10.1. The van der Waals surface area contributed by atoms with Crippen molar-refractivity contribution in [2.75, 3.05) is 14.2 Å². The van der Waals surface area contributed by atoms with E-state index in [0.29, 0.717) is 0 Å². The molecule has 0 radical (unpaired) electrons. The van der Waals surface area contributed by atoms with E-state index in [9.17, 15) is 13.6 Å². The zero-order valence-electron chi connectivity index (χ0n) is 7.12. The van der Waals surface area contributed by atoms with E-state index in [1.165, 1.54) is 7.05 Å². The number of nitrogens with one attached hydrogen (secondary N) is 1. The van der Waals surface area contributed by atoms with Gasteiger partial charge >= 0.3 is 5.97 Å². The van der Waals surface area contributed by atoms with E-state index in [1.54, 1.807) is 0 Å². The molecule has 1 heterocycles. The Kier molecular flexibility index (Phi) is 2.46. The molecule has 0 aromatic carbocycles. The molecular weight excluding hydrogens is 184 g/mol. The number of esters is 1. The third kappa shape index (κ3) is 1.46. The van der Waals surface area contributed by atoms with Crippen LogP contribution in [-0.2, 0) is 9.53 Å². The van der Waals surface area contributed by atoms with Crippen LogP contribution in [0.15, 0.2) is 5.10 Å². The minimum atomic E-state index is -2.91. The van der Waals surface area contributed by atoms with Crippen LogP contribution in [0.4, 0.5) is 8.78 Å². The maximum atomic E-state index is 12.5. The van der Waals surface area contributed by atoms with Gasteiger partial charge in [0, 0.05) is 7.05 Å². The molecule has 1 rings (SSSR count). The summed E-state index contributed by atoms with van der Waals surface area (Å²) >= 11 is 0. The van der Waals surface area contributed by atoms with Gasteiger partial charge in [-0.3, -0.25) is 0 Å². The summed E-state index contributed by atoms with van der Waals surface area (Å²) in [4.78, 5) is 11.0. The second-order valence-corrected chi connectivity index (χ2v) is 2.54. The monoisotopic (exact) mass is 193 g/mol. The molecule has 0 aromatic heterocycles. The molecule has 13 heavy (non-hydrogen) atoms. The van der Waals surface area contributed by atoms with Crippen molar-refractivity contribution >= 4 is 12.2 Å². The predicted molar refractivity (Wildman–Crippen MR) is 40.1 cm³/mol. The molecule has 74 valence electrons. The first-order chi connectivity index (χ1) is 6.03. The minimum absolute atomic E-state index is 0.837. The van der Waals surface area contributed by atoms with Gasteiger partial charge in [0.25, 0.3) is 6.43 Å². The highest BCUT2D eigenvalue weighted by molar-refractivity contribution is 6.01. The highest BCUT2D eigenvalue weighted by atomic mass is 19.3. The number of carbonyl (C=O) groups excluding carboxylic acids is 1. The van der Waals surface area contributed by atoms with Crippen LogP contribution in [0.25, 0.3) is 0 Å². The van der Waals surface area contributed by atoms with E-state index in [-0.39, 0.29) is 0 Å². The average molecular weight is 193 g/mol. The van der Waals surface area contributed by atoms with Crippen LogP contribution in [0.5, 0.6) is 0 Å². The van der Waals surface area contributed by atoms with Crippen LogP contribution in [0.3, 0.4) is 0 Å². The van der Waals surface area contributed by atoms with E-state index in [2.05, 4.69) is 15.3 Å². The van der Waals surface area contributed by atoms with Crippen molar-refractivity contribution in [1.29, 1.82) is 0 Å². The maximum absolute atomic E-state index is 12.5. The van der Waals surface area contributed by atoms with Gasteiger partial charge in [-0.05, 0) is 0 Å². The van der Waals surface area contributed by atoms with Gasteiger partial charge in [-0.25, -0.2) is 18.7 Å². The largest absolute Gasteiger partial charge is 0.467 e. The summed E-state index contributed by atoms with van der Waals surface area (Å²) in [7, 11) is 2.45. The van der Waals surface area contributed by atoms with E-state index in [1.807, 2.05) is 0 Å². The van der Waals surface area contributed by atoms with Crippen LogP contribution < -0.4 is 5.43 Å². The third-order valence-electron chi connectivity index (χ3n) is 1.65. The minimum Gasteiger partial charge on any atom is -0.467 e. The Morgan fingerprint density at radius 1 is 1.77 bits per heavy atom. The maximum Gasteiger partial charge on any atom is 0.339 e. The Bertz CT molecular complexity index is 246. The number of hydrogen-bond acceptors (Lipinski definition) is 5. The summed E-state index contributed by atoms with van der Waals surface area (Å²) in [5.41, 5.74) is 0.0686. The van der Waals surface area contributed by atoms with Crippen molar-refractivity contribution < 1.29 is 18.3 Å². The van der Waals surface area contributed by atoms with Crippen LogP contribution >= 0.6 is 0 Å². The number of methoxy groups -OCH3 is 1. The molecule has 1 atom stereocenters. The van der Waals surface area contributed by atoms with E-state index in [0.717, 1.165) is 18.4 Å². The summed E-state index contributed by atoms with van der Waals surface area (Å²) < 4.78 is 29.3. The standard InChI is InChI=1S/C6H9F2N3O2/c1-11-9-3-6(10-11,4(7)8)5(12)13-2/h3-4,10H,1-2H3. The van der Waals surface area contributed by atoms with Gasteiger partial charge in [-0.15, -0.1) is 0 Å². The Morgan fingerprint density at radius 3 is 2.69 bits per heavy atom. The SMILES string of the molecule is COC(=O)C1(C(F)F)C=NN(C)N1. The number of alkyl halides is 2. The molecule has 0 aliphatic carbocycles. The van der Waals surface area contributed by atoms with Crippen molar-refractivity contribution in [3.63, 3.8) is 0 Å². The number of halogens is 2. The fourth-order valence-corrected chi connectivity index (χ4v) is 0.965. The summed E-state index contributed by atoms with van der Waals surface area (Å²) in [5.74, 6) is -1.06. The lowest BCUT2D eigenvalue weighted by molar-refractivity contribution is -0.152. The Balaban J connectivity index is 2.91. The zero-order valence-corrected chi connectivity index (χ0v) is 7.12. The number of hydrazine groups is 1. The van der Waals surface area contributed by atoms with Crippen LogP contribution in [0.2, 0.25) is 0 Å². The Labute approximate surface area is 73.3 Å². The average Bonchev–Trinajstić information content (AvgIpc) is 2.47. The quantitative estimate of drug-likeness (QED) is 0.606. The molecular formula is C6H9F2N3O2. The van der Waals surface area contributed by atoms with Gasteiger partial charge < -0.3 is 4.74 Å². The molecule has 7 heteroatoms. The topological polar surface area (TPSA) is 53.9 Å². The summed E-state index contributed by atoms with van der Waals surface area (Å²) in [6.45, 7) is 0. The number of rotatable bonds is 2. The molecule has 1 unspecified atom stereocenters. The number of nitrogens with zero attached hydrogens (tertiary/aromatic N) is 2. The Hall–Kier alpha value is -1.24. The van der Waals surface area contributed by atoms with Crippen molar-refractivity contribution in [1.82, 2.24) is 10.5 Å². The smallest absolute Gasteiger partial charge is 0.339 e. The van der Waals surface area contributed by atoms with E-state index >= 15 is 0 Å². The fraction of sp³-hybridized carbons (Fsp3) is 0.667. The predicted octanol–water partition coefficient (Wildman–Crippen LogP) is -0.401. The molecule has 1 aliphatic rings. The highest BCUT2D eigenvalue weighted by Gasteiger charge is 2.51. The van der Waals surface area contributed by atoms with E-state index < -0.39 is 17.9 Å². The van der Waals surface area contributed by atoms with Gasteiger partial charge in [-0.2, -0.15) is 10.5 Å². The number of ether oxygens (including phenoxy) is 1. The molecule has 0 aromatic rings. The van der Waals surface area contributed by atoms with Crippen molar-refractivity contribution in [3.05, 3.63) is 0 Å². The van der Waals surface area contributed by atoms with Gasteiger partial charge in [0.05, 0.1) is 13.3 Å². The molecule has 0 saturated carbocycles. The van der Waals surface area contributed by atoms with Crippen LogP contribution in [0, 0.1) is 0 Å². The summed E-state index contributed by atoms with van der Waals surface area (Å²) in [6, 6.07) is 0. The van der Waals surface area contributed by atoms with Gasteiger partial charge in [0.15, 0.2) is 0 Å². The molecule has 0 saturated heterocycles. The molecule has 1 aliphatic heterocycles. The number of carbonyl (C=O) groups is 1. The van der Waals surface area contributed by atoms with Crippen molar-refractivity contribution in [2.45, 2.75) is 12.0 Å². The molecule has 0 amide bonds. The van der Waals surface area contributed by atoms with Crippen molar-refractivity contribution in [2.24, 2.45) is 5.10 Å². The first-order valence-electron chi connectivity index (χ1n) is 3.46. The highest BCUT2D eigenvalue weighted by Crippen LogP contribution is 2.19. The lowest BCUT2D eigenvalue weighted by atomic mass is 10.0. The second kappa shape index (κ2) is 3.25. The van der Waals surface area contributed by atoms with Crippen molar-refractivity contribution in [3.8, 4) is 0 Å². The first kappa shape index (κ1) is 9.85. The molecule has 0 spiro atoms. The summed E-state index contributed by atoms with van der Waals surface area (Å²) in [6.07, 6.45) is -2.07. The molecule has 1 N–H and O–H groups in total. The lowest BCUT2D eigenvalue weighted by Gasteiger charge is -2.23. The fourth-order valence-electron chi connectivity index (χ4n) is 0.965. The first-order valence-corrected chi connectivity index (χ1v) is 3.46. The molecule has 0 bridgehead atoms. The normalized spacial score (nSPS) is 27.0. The molecule has 5 nitrogen and oxygen atoms in total. The molecule has 0 fully saturated rings.